The number of nitrogens with two attached hydrogens (primary N) is 1. The maximum atomic E-state index is 11.8. The van der Waals surface area contributed by atoms with Crippen LogP contribution in [0.2, 0.25) is 0 Å². The van der Waals surface area contributed by atoms with Crippen LogP contribution in [0.15, 0.2) is 24.3 Å². The van der Waals surface area contributed by atoms with Gasteiger partial charge in [0.05, 0.1) is 25.7 Å². The van der Waals surface area contributed by atoms with Crippen LogP contribution in [0, 0.1) is 0 Å². The van der Waals surface area contributed by atoms with Gasteiger partial charge in [-0.05, 0) is 19.9 Å². The molecule has 0 aliphatic heterocycles. The summed E-state index contributed by atoms with van der Waals surface area (Å²) < 4.78 is 5.29. The summed E-state index contributed by atoms with van der Waals surface area (Å²) in [5, 5.41) is 5.28. The van der Waals surface area contributed by atoms with Gasteiger partial charge in [-0.1, -0.05) is 18.2 Å². The van der Waals surface area contributed by atoms with Crippen LogP contribution in [-0.2, 0) is 15.1 Å². The highest BCUT2D eigenvalue weighted by molar-refractivity contribution is 5.86. The second kappa shape index (κ2) is 8.49. The van der Waals surface area contributed by atoms with Crippen LogP contribution in [0.3, 0.4) is 0 Å². The molecule has 0 bridgehead atoms. The van der Waals surface area contributed by atoms with Crippen LogP contribution in [-0.4, -0.2) is 32.0 Å². The average Bonchev–Trinajstić information content (AvgIpc) is 2.44. The van der Waals surface area contributed by atoms with Gasteiger partial charge in [0, 0.05) is 5.56 Å². The molecular weight excluding hydrogens is 294 g/mol. The summed E-state index contributed by atoms with van der Waals surface area (Å²) in [7, 11) is 1.58. The Hall–Kier alpha value is -1.79. The fourth-order valence-electron chi connectivity index (χ4n) is 1.87. The predicted octanol–water partition coefficient (Wildman–Crippen LogP) is 0.543. The van der Waals surface area contributed by atoms with E-state index in [1.165, 1.54) is 0 Å². The number of hydrogen-bond donors (Lipinski definition) is 3. The number of halogens is 1. The third kappa shape index (κ3) is 5.61. The van der Waals surface area contributed by atoms with Crippen LogP contribution in [0.1, 0.15) is 19.4 Å². The van der Waals surface area contributed by atoms with E-state index in [2.05, 4.69) is 10.6 Å². The minimum atomic E-state index is -0.614. The Morgan fingerprint density at radius 3 is 2.43 bits per heavy atom. The smallest absolute Gasteiger partial charge is 0.240 e. The summed E-state index contributed by atoms with van der Waals surface area (Å²) in [6.45, 7) is 3.50. The van der Waals surface area contributed by atoms with Crippen LogP contribution in [0.5, 0.6) is 5.75 Å². The molecule has 118 valence electrons. The lowest BCUT2D eigenvalue weighted by molar-refractivity contribution is -0.126. The van der Waals surface area contributed by atoms with Gasteiger partial charge in [0.2, 0.25) is 11.8 Å². The standard InChI is InChI=1S/C14H21N3O3.ClH/c1-14(2,10-6-4-5-7-11(10)20-3)17-13(19)9-16-12(18)8-15;/h4-7H,8-9,15H2,1-3H3,(H,16,18)(H,17,19);1H. The Morgan fingerprint density at radius 2 is 1.86 bits per heavy atom. The van der Waals surface area contributed by atoms with Crippen molar-refractivity contribution in [3.05, 3.63) is 29.8 Å². The minimum Gasteiger partial charge on any atom is -0.496 e. The van der Waals surface area contributed by atoms with Crippen molar-refractivity contribution >= 4 is 24.2 Å². The van der Waals surface area contributed by atoms with Gasteiger partial charge in [0.1, 0.15) is 5.75 Å². The fraction of sp³-hybridized carbons (Fsp3) is 0.429. The van der Waals surface area contributed by atoms with Gasteiger partial charge >= 0.3 is 0 Å². The van der Waals surface area contributed by atoms with Crippen molar-refractivity contribution in [2.45, 2.75) is 19.4 Å². The van der Waals surface area contributed by atoms with Gasteiger partial charge in [0.25, 0.3) is 0 Å². The number of carbonyl (C=O) groups is 2. The largest absolute Gasteiger partial charge is 0.496 e. The van der Waals surface area contributed by atoms with E-state index in [1.807, 2.05) is 38.1 Å². The number of amides is 2. The highest BCUT2D eigenvalue weighted by atomic mass is 35.5. The van der Waals surface area contributed by atoms with Crippen molar-refractivity contribution < 1.29 is 14.3 Å². The minimum absolute atomic E-state index is 0. The van der Waals surface area contributed by atoms with E-state index in [-0.39, 0.29) is 37.3 Å². The van der Waals surface area contributed by atoms with Crippen LogP contribution in [0.4, 0.5) is 0 Å². The molecular formula is C14H22ClN3O3. The zero-order valence-electron chi connectivity index (χ0n) is 12.4. The summed E-state index contributed by atoms with van der Waals surface area (Å²) in [4.78, 5) is 22.9. The van der Waals surface area contributed by atoms with Gasteiger partial charge in [-0.2, -0.15) is 0 Å². The molecule has 21 heavy (non-hydrogen) atoms. The van der Waals surface area contributed by atoms with Gasteiger partial charge in [-0.25, -0.2) is 0 Å². The Bertz CT molecular complexity index is 492. The molecule has 0 unspecified atom stereocenters. The maximum absolute atomic E-state index is 11.8. The highest BCUT2D eigenvalue weighted by Gasteiger charge is 2.25. The van der Waals surface area contributed by atoms with Gasteiger partial charge in [-0.15, -0.1) is 12.4 Å². The predicted molar refractivity (Wildman–Crippen MR) is 83.5 cm³/mol. The van der Waals surface area contributed by atoms with Crippen molar-refractivity contribution in [2.24, 2.45) is 5.73 Å². The zero-order chi connectivity index (χ0) is 15.2. The lowest BCUT2D eigenvalue weighted by atomic mass is 9.93. The molecule has 4 N–H and O–H groups in total. The number of nitrogens with one attached hydrogen (secondary N) is 2. The lowest BCUT2D eigenvalue weighted by Crippen LogP contribution is -2.46. The maximum Gasteiger partial charge on any atom is 0.240 e. The van der Waals surface area contributed by atoms with E-state index in [9.17, 15) is 9.59 Å². The SMILES string of the molecule is COc1ccccc1C(C)(C)NC(=O)CNC(=O)CN.Cl. The molecule has 1 rings (SSSR count). The van der Waals surface area contributed by atoms with E-state index < -0.39 is 5.54 Å². The molecule has 0 heterocycles. The van der Waals surface area contributed by atoms with E-state index in [1.54, 1.807) is 7.11 Å². The van der Waals surface area contributed by atoms with Crippen LogP contribution in [0.25, 0.3) is 0 Å². The Kier molecular flexibility index (Phi) is 7.76. The van der Waals surface area contributed by atoms with Crippen molar-refractivity contribution in [2.75, 3.05) is 20.2 Å². The molecule has 0 atom stereocenters. The van der Waals surface area contributed by atoms with Crippen molar-refractivity contribution in [1.29, 1.82) is 0 Å². The summed E-state index contributed by atoms with van der Waals surface area (Å²) >= 11 is 0. The molecule has 2 amide bonds. The Morgan fingerprint density at radius 1 is 1.24 bits per heavy atom. The summed E-state index contributed by atoms with van der Waals surface area (Å²) in [5.74, 6) is 0.0433. The molecule has 0 aromatic heterocycles. The number of benzene rings is 1. The zero-order valence-corrected chi connectivity index (χ0v) is 13.3. The monoisotopic (exact) mass is 315 g/mol. The number of hydrogen-bond acceptors (Lipinski definition) is 4. The number of carbonyl (C=O) groups excluding carboxylic acids is 2. The first-order valence-electron chi connectivity index (χ1n) is 6.32. The number of rotatable bonds is 6. The summed E-state index contributed by atoms with van der Waals surface area (Å²) in [6, 6.07) is 7.46. The van der Waals surface area contributed by atoms with E-state index >= 15 is 0 Å². The van der Waals surface area contributed by atoms with Crippen molar-refractivity contribution in [3.63, 3.8) is 0 Å². The first-order valence-corrected chi connectivity index (χ1v) is 6.32. The molecule has 0 saturated heterocycles. The van der Waals surface area contributed by atoms with Gasteiger partial charge < -0.3 is 21.1 Å². The molecule has 0 saturated carbocycles. The summed E-state index contributed by atoms with van der Waals surface area (Å²) in [6.07, 6.45) is 0. The second-order valence-electron chi connectivity index (χ2n) is 4.85. The molecule has 1 aromatic rings. The van der Waals surface area contributed by atoms with Gasteiger partial charge in [0.15, 0.2) is 0 Å². The van der Waals surface area contributed by atoms with Crippen molar-refractivity contribution in [3.8, 4) is 5.75 Å². The van der Waals surface area contributed by atoms with Gasteiger partial charge in [-0.3, -0.25) is 9.59 Å². The highest BCUT2D eigenvalue weighted by Crippen LogP contribution is 2.29. The van der Waals surface area contributed by atoms with Crippen molar-refractivity contribution in [1.82, 2.24) is 10.6 Å². The third-order valence-corrected chi connectivity index (χ3v) is 2.86. The van der Waals surface area contributed by atoms with Crippen LogP contribution < -0.4 is 21.1 Å². The number of para-hydroxylation sites is 1. The van der Waals surface area contributed by atoms with E-state index in [4.69, 9.17) is 10.5 Å². The van der Waals surface area contributed by atoms with E-state index in [0.29, 0.717) is 5.75 Å². The number of methoxy groups -OCH3 is 1. The molecule has 0 aliphatic rings. The molecule has 0 fully saturated rings. The second-order valence-corrected chi connectivity index (χ2v) is 4.85. The quantitative estimate of drug-likeness (QED) is 0.714. The fourth-order valence-corrected chi connectivity index (χ4v) is 1.87. The normalized spacial score (nSPS) is 10.3. The average molecular weight is 316 g/mol. The first kappa shape index (κ1) is 19.2. The number of ether oxygens (including phenoxy) is 1. The molecule has 6 nitrogen and oxygen atoms in total. The third-order valence-electron chi connectivity index (χ3n) is 2.86. The van der Waals surface area contributed by atoms with E-state index in [0.717, 1.165) is 5.56 Å². The molecule has 0 aliphatic carbocycles. The molecule has 7 heteroatoms. The summed E-state index contributed by atoms with van der Waals surface area (Å²) in [5.41, 5.74) is 5.40. The van der Waals surface area contributed by atoms with Crippen LogP contribution >= 0.6 is 12.4 Å². The lowest BCUT2D eigenvalue weighted by Gasteiger charge is -2.28. The topological polar surface area (TPSA) is 93.5 Å². The molecule has 0 radical (unpaired) electrons. The Labute approximate surface area is 130 Å². The molecule has 0 spiro atoms. The first-order chi connectivity index (χ1) is 9.40. The molecule has 1 aromatic carbocycles. The Balaban J connectivity index is 0.00000400.